The Balaban J connectivity index is 1.25. The van der Waals surface area contributed by atoms with E-state index in [0.29, 0.717) is 19.0 Å². The van der Waals surface area contributed by atoms with Crippen molar-refractivity contribution < 1.29 is 13.6 Å². The van der Waals surface area contributed by atoms with Gasteiger partial charge in [0.25, 0.3) is 0 Å². The van der Waals surface area contributed by atoms with Crippen LogP contribution in [0.4, 0.5) is 4.39 Å². The van der Waals surface area contributed by atoms with Crippen LogP contribution in [0.3, 0.4) is 0 Å². The van der Waals surface area contributed by atoms with Crippen LogP contribution < -0.4 is 5.32 Å². The van der Waals surface area contributed by atoms with Gasteiger partial charge in [0.2, 0.25) is 11.8 Å². The van der Waals surface area contributed by atoms with Crippen molar-refractivity contribution >= 4 is 5.91 Å². The molecule has 0 unspecified atom stereocenters. The highest BCUT2D eigenvalue weighted by molar-refractivity contribution is 5.78. The summed E-state index contributed by atoms with van der Waals surface area (Å²) in [5.41, 5.74) is 2.71. The number of carbonyl (C=O) groups excluding carboxylic acids is 1. The molecule has 1 N–H and O–H groups in total. The third-order valence-electron chi connectivity index (χ3n) is 5.30. The van der Waals surface area contributed by atoms with Crippen LogP contribution in [0.5, 0.6) is 0 Å². The molecule has 29 heavy (non-hydrogen) atoms. The molecule has 0 saturated carbocycles. The van der Waals surface area contributed by atoms with Gasteiger partial charge < -0.3 is 9.73 Å². The molecular weight excluding hydrogens is 369 g/mol. The fourth-order valence-corrected chi connectivity index (χ4v) is 3.62. The second kappa shape index (κ2) is 9.01. The highest BCUT2D eigenvalue weighted by Gasteiger charge is 2.25. The van der Waals surface area contributed by atoms with E-state index in [1.165, 1.54) is 12.1 Å². The maximum absolute atomic E-state index is 13.1. The first-order chi connectivity index (χ1) is 14.2. The number of hydrogen-bond donors (Lipinski definition) is 1. The van der Waals surface area contributed by atoms with Crippen LogP contribution >= 0.6 is 0 Å². The standard InChI is InChI=1S/C23H24FN3O2/c24-20-8-6-19(7-9-20)23-26-21(16-29-23)15-27-12-10-18(11-13-27)22(28)25-14-17-4-2-1-3-5-17/h1-9,16,18H,10-15H2,(H,25,28). The average Bonchev–Trinajstić information content (AvgIpc) is 3.22. The first-order valence-electron chi connectivity index (χ1n) is 9.92. The third kappa shape index (κ3) is 5.09. The van der Waals surface area contributed by atoms with Crippen LogP contribution in [0.2, 0.25) is 0 Å². The van der Waals surface area contributed by atoms with Crippen LogP contribution in [0.15, 0.2) is 65.3 Å². The molecular formula is C23H24FN3O2. The molecule has 0 aliphatic carbocycles. The van der Waals surface area contributed by atoms with Gasteiger partial charge in [0.05, 0.1) is 5.69 Å². The van der Waals surface area contributed by atoms with E-state index in [2.05, 4.69) is 15.2 Å². The number of carbonyl (C=O) groups is 1. The molecule has 5 nitrogen and oxygen atoms in total. The normalized spacial score (nSPS) is 15.3. The molecule has 1 amide bonds. The van der Waals surface area contributed by atoms with Crippen molar-refractivity contribution in [3.8, 4) is 11.5 Å². The maximum atomic E-state index is 13.1. The topological polar surface area (TPSA) is 58.4 Å². The van der Waals surface area contributed by atoms with Crippen LogP contribution in [0.25, 0.3) is 11.5 Å². The number of oxazole rings is 1. The number of hydrogen-bond acceptors (Lipinski definition) is 4. The second-order valence-corrected chi connectivity index (χ2v) is 7.40. The lowest BCUT2D eigenvalue weighted by molar-refractivity contribution is -0.126. The molecule has 6 heteroatoms. The molecule has 1 aliphatic rings. The summed E-state index contributed by atoms with van der Waals surface area (Å²) >= 11 is 0. The van der Waals surface area contributed by atoms with Crippen LogP contribution in [0, 0.1) is 11.7 Å². The summed E-state index contributed by atoms with van der Waals surface area (Å²) in [6.45, 7) is 2.96. The van der Waals surface area contributed by atoms with Gasteiger partial charge in [-0.2, -0.15) is 0 Å². The zero-order valence-corrected chi connectivity index (χ0v) is 16.2. The summed E-state index contributed by atoms with van der Waals surface area (Å²) in [5, 5.41) is 3.05. The maximum Gasteiger partial charge on any atom is 0.226 e. The summed E-state index contributed by atoms with van der Waals surface area (Å²) < 4.78 is 18.6. The summed E-state index contributed by atoms with van der Waals surface area (Å²) in [6, 6.07) is 16.1. The zero-order chi connectivity index (χ0) is 20.1. The molecule has 2 heterocycles. The number of amides is 1. The molecule has 0 atom stereocenters. The Hall–Kier alpha value is -2.99. The monoisotopic (exact) mass is 393 g/mol. The Labute approximate surface area is 169 Å². The van der Waals surface area contributed by atoms with E-state index in [0.717, 1.165) is 42.8 Å². The van der Waals surface area contributed by atoms with Crippen molar-refractivity contribution in [2.75, 3.05) is 13.1 Å². The van der Waals surface area contributed by atoms with Crippen LogP contribution in [-0.4, -0.2) is 28.9 Å². The molecule has 150 valence electrons. The molecule has 1 aliphatic heterocycles. The number of piperidine rings is 1. The lowest BCUT2D eigenvalue weighted by Gasteiger charge is -2.30. The minimum atomic E-state index is -0.281. The van der Waals surface area contributed by atoms with E-state index in [1.54, 1.807) is 18.4 Å². The average molecular weight is 393 g/mol. The first-order valence-corrected chi connectivity index (χ1v) is 9.92. The van der Waals surface area contributed by atoms with Crippen molar-refractivity contribution in [2.24, 2.45) is 5.92 Å². The van der Waals surface area contributed by atoms with Gasteiger partial charge >= 0.3 is 0 Å². The number of nitrogens with one attached hydrogen (secondary N) is 1. The number of rotatable bonds is 6. The van der Waals surface area contributed by atoms with Crippen molar-refractivity contribution in [3.05, 3.63) is 77.9 Å². The van der Waals surface area contributed by atoms with Gasteiger partial charge in [-0.05, 0) is 55.8 Å². The second-order valence-electron chi connectivity index (χ2n) is 7.40. The molecule has 1 saturated heterocycles. The largest absolute Gasteiger partial charge is 0.444 e. The summed E-state index contributed by atoms with van der Waals surface area (Å²) in [4.78, 5) is 19.2. The highest BCUT2D eigenvalue weighted by atomic mass is 19.1. The number of nitrogens with zero attached hydrogens (tertiary/aromatic N) is 2. The SMILES string of the molecule is O=C(NCc1ccccc1)C1CCN(Cc2coc(-c3ccc(F)cc3)n2)CC1. The summed E-state index contributed by atoms with van der Waals surface area (Å²) in [7, 11) is 0. The van der Waals surface area contributed by atoms with Gasteiger partial charge in [0, 0.05) is 24.6 Å². The molecule has 0 spiro atoms. The van der Waals surface area contributed by atoms with Gasteiger partial charge in [0.15, 0.2) is 0 Å². The first kappa shape index (κ1) is 19.3. The third-order valence-corrected chi connectivity index (χ3v) is 5.30. The molecule has 4 rings (SSSR count). The molecule has 1 aromatic heterocycles. The molecule has 1 fully saturated rings. The number of aromatic nitrogens is 1. The van der Waals surface area contributed by atoms with Gasteiger partial charge in [-0.25, -0.2) is 9.37 Å². The predicted octanol–water partition coefficient (Wildman–Crippen LogP) is 4.01. The lowest BCUT2D eigenvalue weighted by Crippen LogP contribution is -2.40. The Morgan fingerprint density at radius 1 is 1.10 bits per heavy atom. The number of benzene rings is 2. The quantitative estimate of drug-likeness (QED) is 0.688. The fraction of sp³-hybridized carbons (Fsp3) is 0.304. The summed E-state index contributed by atoms with van der Waals surface area (Å²) in [5.74, 6) is 0.405. The zero-order valence-electron chi connectivity index (χ0n) is 16.2. The fourth-order valence-electron chi connectivity index (χ4n) is 3.62. The van der Waals surface area contributed by atoms with Gasteiger partial charge in [-0.1, -0.05) is 30.3 Å². The van der Waals surface area contributed by atoms with Crippen molar-refractivity contribution in [3.63, 3.8) is 0 Å². The van der Waals surface area contributed by atoms with Crippen LogP contribution in [0.1, 0.15) is 24.1 Å². The Kier molecular flexibility index (Phi) is 6.00. The summed E-state index contributed by atoms with van der Waals surface area (Å²) in [6.07, 6.45) is 3.32. The number of halogens is 1. The van der Waals surface area contributed by atoms with Gasteiger partial charge in [0.1, 0.15) is 12.1 Å². The van der Waals surface area contributed by atoms with E-state index >= 15 is 0 Å². The highest BCUT2D eigenvalue weighted by Crippen LogP contribution is 2.22. The van der Waals surface area contributed by atoms with E-state index in [1.807, 2.05) is 30.3 Å². The minimum Gasteiger partial charge on any atom is -0.444 e. The molecule has 3 aromatic rings. The van der Waals surface area contributed by atoms with Gasteiger partial charge in [-0.15, -0.1) is 0 Å². The minimum absolute atomic E-state index is 0.0575. The molecule has 2 aromatic carbocycles. The van der Waals surface area contributed by atoms with Crippen LogP contribution in [-0.2, 0) is 17.9 Å². The van der Waals surface area contributed by atoms with Gasteiger partial charge in [-0.3, -0.25) is 9.69 Å². The molecule has 0 bridgehead atoms. The van der Waals surface area contributed by atoms with Crippen molar-refractivity contribution in [1.29, 1.82) is 0 Å². The molecule has 0 radical (unpaired) electrons. The lowest BCUT2D eigenvalue weighted by atomic mass is 9.95. The Bertz CT molecular complexity index is 932. The van der Waals surface area contributed by atoms with E-state index in [4.69, 9.17) is 4.42 Å². The Morgan fingerprint density at radius 2 is 1.83 bits per heavy atom. The van der Waals surface area contributed by atoms with Crippen molar-refractivity contribution in [1.82, 2.24) is 15.2 Å². The van der Waals surface area contributed by atoms with Crippen molar-refractivity contribution in [2.45, 2.75) is 25.9 Å². The van der Waals surface area contributed by atoms with E-state index < -0.39 is 0 Å². The van der Waals surface area contributed by atoms with E-state index in [-0.39, 0.29) is 17.6 Å². The smallest absolute Gasteiger partial charge is 0.226 e. The number of likely N-dealkylation sites (tertiary alicyclic amines) is 1. The Morgan fingerprint density at radius 3 is 2.55 bits per heavy atom. The predicted molar refractivity (Wildman–Crippen MR) is 108 cm³/mol. The van der Waals surface area contributed by atoms with E-state index in [9.17, 15) is 9.18 Å².